The van der Waals surface area contributed by atoms with Gasteiger partial charge in [-0.25, -0.2) is 9.48 Å². The molecule has 0 saturated heterocycles. The first-order chi connectivity index (χ1) is 12.6. The normalized spacial score (nSPS) is 19.0. The lowest BCUT2D eigenvalue weighted by atomic mass is 9.98. The van der Waals surface area contributed by atoms with Crippen LogP contribution in [0, 0.1) is 5.92 Å². The maximum atomic E-state index is 12.5. The maximum Gasteiger partial charge on any atom is 0.345 e. The first kappa shape index (κ1) is 16.9. The molecule has 2 aliphatic rings. The van der Waals surface area contributed by atoms with Gasteiger partial charge in [0, 0.05) is 45.3 Å². The number of carbonyl (C=O) groups excluding carboxylic acids is 1. The quantitative estimate of drug-likeness (QED) is 0.877. The van der Waals surface area contributed by atoms with Crippen molar-refractivity contribution >= 4 is 11.6 Å². The van der Waals surface area contributed by atoms with Crippen LogP contribution < -0.4 is 15.9 Å². The average Bonchev–Trinajstić information content (AvgIpc) is 2.95. The van der Waals surface area contributed by atoms with Crippen LogP contribution in [0.15, 0.2) is 29.1 Å². The molecule has 1 N–H and O–H groups in total. The minimum Gasteiger partial charge on any atom is -0.370 e. The van der Waals surface area contributed by atoms with E-state index in [1.807, 2.05) is 0 Å². The number of hydrogen-bond donors (Lipinski definition) is 1. The summed E-state index contributed by atoms with van der Waals surface area (Å²) in [5.41, 5.74) is 2.54. The van der Waals surface area contributed by atoms with Crippen molar-refractivity contribution in [2.45, 2.75) is 32.2 Å². The van der Waals surface area contributed by atoms with E-state index in [2.05, 4.69) is 39.6 Å². The van der Waals surface area contributed by atoms with Gasteiger partial charge in [-0.15, -0.1) is 0 Å². The standard InChI is InChI=1S/C19H25N5O2/c1-22-19(26)24-13-15(8-9-17(24)21-22)18(25)20-10-12-23-11-4-6-14-5-2-3-7-16(14)23/h2-3,5,7,15H,4,6,8-13H2,1H3,(H,20,25)/t15-/m0/s1. The maximum absolute atomic E-state index is 12.5. The predicted molar refractivity (Wildman–Crippen MR) is 99.3 cm³/mol. The summed E-state index contributed by atoms with van der Waals surface area (Å²) in [4.78, 5) is 26.9. The Balaban J connectivity index is 1.33. The van der Waals surface area contributed by atoms with Gasteiger partial charge in [0.2, 0.25) is 5.91 Å². The lowest BCUT2D eigenvalue weighted by Gasteiger charge is -2.31. The molecule has 2 aliphatic heterocycles. The summed E-state index contributed by atoms with van der Waals surface area (Å²) in [7, 11) is 1.65. The van der Waals surface area contributed by atoms with Crippen molar-refractivity contribution in [2.24, 2.45) is 13.0 Å². The Bertz CT molecular complexity index is 869. The lowest BCUT2D eigenvalue weighted by molar-refractivity contribution is -0.125. The molecule has 0 fully saturated rings. The van der Waals surface area contributed by atoms with Gasteiger partial charge in [-0.3, -0.25) is 9.36 Å². The molecule has 7 nitrogen and oxygen atoms in total. The molecule has 0 bridgehead atoms. The number of amides is 1. The van der Waals surface area contributed by atoms with Crippen molar-refractivity contribution < 1.29 is 4.79 Å². The fourth-order valence-corrected chi connectivity index (χ4v) is 4.05. The Labute approximate surface area is 152 Å². The van der Waals surface area contributed by atoms with Crippen LogP contribution in [0.3, 0.4) is 0 Å². The van der Waals surface area contributed by atoms with Crippen molar-refractivity contribution in [1.29, 1.82) is 0 Å². The molecule has 1 amide bonds. The summed E-state index contributed by atoms with van der Waals surface area (Å²) in [6.45, 7) is 2.90. The third kappa shape index (κ3) is 3.13. The van der Waals surface area contributed by atoms with E-state index in [0.29, 0.717) is 19.5 Å². The van der Waals surface area contributed by atoms with Crippen molar-refractivity contribution in [3.8, 4) is 0 Å². The highest BCUT2D eigenvalue weighted by atomic mass is 16.2. The van der Waals surface area contributed by atoms with Gasteiger partial charge in [-0.2, -0.15) is 5.10 Å². The van der Waals surface area contributed by atoms with Crippen molar-refractivity contribution in [1.82, 2.24) is 19.7 Å². The second-order valence-corrected chi connectivity index (χ2v) is 7.18. The fourth-order valence-electron chi connectivity index (χ4n) is 4.05. The zero-order valence-electron chi connectivity index (χ0n) is 15.1. The second kappa shape index (κ2) is 6.97. The number of aryl methyl sites for hydroxylation is 3. The van der Waals surface area contributed by atoms with Gasteiger partial charge >= 0.3 is 5.69 Å². The van der Waals surface area contributed by atoms with Crippen molar-refractivity contribution in [3.05, 3.63) is 46.1 Å². The lowest BCUT2D eigenvalue weighted by Crippen LogP contribution is -2.42. The molecule has 138 valence electrons. The van der Waals surface area contributed by atoms with Crippen LogP contribution in [0.2, 0.25) is 0 Å². The highest BCUT2D eigenvalue weighted by Crippen LogP contribution is 2.26. The molecule has 0 radical (unpaired) electrons. The molecule has 1 aromatic carbocycles. The number of fused-ring (bicyclic) bond motifs is 2. The second-order valence-electron chi connectivity index (χ2n) is 7.18. The number of nitrogens with zero attached hydrogens (tertiary/aromatic N) is 4. The molecule has 3 heterocycles. The summed E-state index contributed by atoms with van der Waals surface area (Å²) in [6, 6.07) is 8.50. The van der Waals surface area contributed by atoms with Crippen LogP contribution in [0.1, 0.15) is 24.2 Å². The Morgan fingerprint density at radius 3 is 3.04 bits per heavy atom. The number of carbonyl (C=O) groups is 1. The number of aromatic nitrogens is 3. The Kier molecular flexibility index (Phi) is 4.53. The summed E-state index contributed by atoms with van der Waals surface area (Å²) < 4.78 is 2.98. The Morgan fingerprint density at radius 2 is 2.15 bits per heavy atom. The van der Waals surface area contributed by atoms with Gasteiger partial charge in [0.1, 0.15) is 5.82 Å². The van der Waals surface area contributed by atoms with Gasteiger partial charge in [-0.1, -0.05) is 18.2 Å². The number of nitrogens with one attached hydrogen (secondary N) is 1. The van der Waals surface area contributed by atoms with Gasteiger partial charge in [0.05, 0.1) is 5.92 Å². The monoisotopic (exact) mass is 355 g/mol. The van der Waals surface area contributed by atoms with Gasteiger partial charge in [0.15, 0.2) is 0 Å². The fraction of sp³-hybridized carbons (Fsp3) is 0.526. The van der Waals surface area contributed by atoms with Crippen LogP contribution in [-0.2, 0) is 31.2 Å². The Morgan fingerprint density at radius 1 is 1.31 bits per heavy atom. The van der Waals surface area contributed by atoms with E-state index in [-0.39, 0.29) is 17.5 Å². The van der Waals surface area contributed by atoms with E-state index in [0.717, 1.165) is 38.2 Å². The van der Waals surface area contributed by atoms with Crippen LogP contribution >= 0.6 is 0 Å². The van der Waals surface area contributed by atoms with E-state index in [9.17, 15) is 9.59 Å². The minimum atomic E-state index is -0.155. The van der Waals surface area contributed by atoms with Gasteiger partial charge in [-0.05, 0) is 30.9 Å². The van der Waals surface area contributed by atoms with Crippen LogP contribution in [0.5, 0.6) is 0 Å². The number of para-hydroxylation sites is 1. The zero-order chi connectivity index (χ0) is 18.1. The average molecular weight is 355 g/mol. The molecule has 1 atom stereocenters. The molecular weight excluding hydrogens is 330 g/mol. The van der Waals surface area contributed by atoms with Crippen LogP contribution in [0.4, 0.5) is 5.69 Å². The minimum absolute atomic E-state index is 0.0386. The molecule has 2 aromatic rings. The smallest absolute Gasteiger partial charge is 0.345 e. The van der Waals surface area contributed by atoms with Gasteiger partial charge < -0.3 is 10.2 Å². The molecule has 0 spiro atoms. The van der Waals surface area contributed by atoms with E-state index in [1.165, 1.54) is 15.9 Å². The summed E-state index contributed by atoms with van der Waals surface area (Å²) in [5.74, 6) is 0.668. The van der Waals surface area contributed by atoms with E-state index >= 15 is 0 Å². The molecule has 0 unspecified atom stereocenters. The summed E-state index contributed by atoms with van der Waals surface area (Å²) >= 11 is 0. The molecule has 26 heavy (non-hydrogen) atoms. The Hall–Kier alpha value is -2.57. The molecule has 7 heteroatoms. The van der Waals surface area contributed by atoms with Crippen molar-refractivity contribution in [2.75, 3.05) is 24.5 Å². The third-order valence-corrected chi connectivity index (χ3v) is 5.46. The number of anilines is 1. The zero-order valence-corrected chi connectivity index (χ0v) is 15.1. The molecule has 4 rings (SSSR count). The summed E-state index contributed by atoms with van der Waals surface area (Å²) in [5, 5.41) is 7.28. The molecule has 0 saturated carbocycles. The van der Waals surface area contributed by atoms with E-state index in [4.69, 9.17) is 0 Å². The SMILES string of the molecule is Cn1nc2n(c1=O)C[C@@H](C(=O)NCCN1CCCc3ccccc31)CC2. The molecular formula is C19H25N5O2. The topological polar surface area (TPSA) is 72.2 Å². The van der Waals surface area contributed by atoms with Gasteiger partial charge in [0.25, 0.3) is 0 Å². The first-order valence-electron chi connectivity index (χ1n) is 9.37. The third-order valence-electron chi connectivity index (χ3n) is 5.46. The molecule has 0 aliphatic carbocycles. The predicted octanol–water partition coefficient (Wildman–Crippen LogP) is 0.713. The number of benzene rings is 1. The van der Waals surface area contributed by atoms with E-state index < -0.39 is 0 Å². The summed E-state index contributed by atoms with van der Waals surface area (Å²) in [6.07, 6.45) is 3.70. The van der Waals surface area contributed by atoms with Crippen LogP contribution in [0.25, 0.3) is 0 Å². The molecule has 1 aromatic heterocycles. The highest BCUT2D eigenvalue weighted by Gasteiger charge is 2.27. The first-order valence-corrected chi connectivity index (χ1v) is 9.37. The largest absolute Gasteiger partial charge is 0.370 e. The van der Waals surface area contributed by atoms with Crippen LogP contribution in [-0.4, -0.2) is 39.9 Å². The number of hydrogen-bond acceptors (Lipinski definition) is 4. The van der Waals surface area contributed by atoms with Crippen molar-refractivity contribution in [3.63, 3.8) is 0 Å². The number of rotatable bonds is 4. The van der Waals surface area contributed by atoms with E-state index in [1.54, 1.807) is 11.6 Å². The highest BCUT2D eigenvalue weighted by molar-refractivity contribution is 5.78.